The predicted molar refractivity (Wildman–Crippen MR) is 187 cm³/mol. The molecule has 0 spiro atoms. The van der Waals surface area contributed by atoms with E-state index in [4.69, 9.17) is 10.2 Å². The van der Waals surface area contributed by atoms with Crippen LogP contribution < -0.4 is 11.1 Å². The highest BCUT2D eigenvalue weighted by molar-refractivity contribution is 7.98. The number of rotatable bonds is 12. The molecule has 0 unspecified atom stereocenters. The van der Waals surface area contributed by atoms with Gasteiger partial charge in [0, 0.05) is 34.6 Å². The summed E-state index contributed by atoms with van der Waals surface area (Å²) in [5, 5.41) is 13.4. The predicted octanol–water partition coefficient (Wildman–Crippen LogP) is 7.99. The van der Waals surface area contributed by atoms with E-state index in [1.54, 1.807) is 24.3 Å². The maximum atomic E-state index is 12.4. The average Bonchev–Trinajstić information content (AvgIpc) is 3.44. The van der Waals surface area contributed by atoms with Crippen molar-refractivity contribution in [2.24, 2.45) is 0 Å². The van der Waals surface area contributed by atoms with Crippen molar-refractivity contribution < 1.29 is 19.1 Å². The molecular formula is C39H34N2O4S. The van der Waals surface area contributed by atoms with Crippen molar-refractivity contribution in [3.8, 4) is 22.3 Å². The molecule has 0 saturated heterocycles. The number of amides is 1. The number of aliphatic carboxylic acids is 1. The summed E-state index contributed by atoms with van der Waals surface area (Å²) in [7, 11) is 0. The fraction of sp³-hybridized carbons (Fsp3) is 0.128. The van der Waals surface area contributed by atoms with Crippen LogP contribution in [-0.2, 0) is 28.2 Å². The van der Waals surface area contributed by atoms with Gasteiger partial charge in [-0.1, -0.05) is 109 Å². The number of hydrogen-bond acceptors (Lipinski definition) is 5. The Bertz CT molecular complexity index is 1930. The zero-order chi connectivity index (χ0) is 31.9. The molecule has 0 aliphatic rings. The molecule has 1 amide bonds. The van der Waals surface area contributed by atoms with Gasteiger partial charge in [0.25, 0.3) is 0 Å². The highest BCUT2D eigenvalue weighted by atomic mass is 32.2. The summed E-state index contributed by atoms with van der Waals surface area (Å²) >= 11 is 1.48. The number of carbonyl (C=O) groups excluding carboxylic acids is 1. The van der Waals surface area contributed by atoms with Gasteiger partial charge < -0.3 is 20.6 Å². The summed E-state index contributed by atoms with van der Waals surface area (Å²) in [5.74, 6) is 0.470. The molecule has 6 nitrogen and oxygen atoms in total. The molecule has 4 N–H and O–H groups in total. The number of carboxylic acid groups (broad SMARTS) is 1. The molecule has 230 valence electrons. The first-order valence-electron chi connectivity index (χ1n) is 15.1. The number of hydrogen-bond donors (Lipinski definition) is 3. The Kier molecular flexibility index (Phi) is 9.51. The number of benzene rings is 5. The minimum absolute atomic E-state index is 0.102. The van der Waals surface area contributed by atoms with Crippen LogP contribution in [0.15, 0.2) is 132 Å². The lowest BCUT2D eigenvalue weighted by Gasteiger charge is -2.14. The van der Waals surface area contributed by atoms with Crippen LogP contribution >= 0.6 is 11.8 Å². The number of furan rings is 1. The Balaban J connectivity index is 1.08. The van der Waals surface area contributed by atoms with E-state index in [1.807, 2.05) is 24.3 Å². The quantitative estimate of drug-likeness (QED) is 0.119. The van der Waals surface area contributed by atoms with Crippen LogP contribution in [0.2, 0.25) is 0 Å². The van der Waals surface area contributed by atoms with Gasteiger partial charge in [-0.2, -0.15) is 11.8 Å². The largest absolute Gasteiger partial charge is 0.480 e. The molecule has 6 aromatic rings. The standard InChI is InChI=1S/C39H34N2O4S/c40-32-20-12-27(13-21-32)23-37(42)41-34(39(43)44)25-46-24-28-10-14-29(15-11-28)30-16-18-31(19-17-30)38-33-8-4-5-9-35(33)45-36(38)22-26-6-2-1-3-7-26/h1-21,34H,22-25,40H2,(H,41,42)(H,43,44)/t34-/m0/s1. The van der Waals surface area contributed by atoms with Crippen LogP contribution in [0.1, 0.15) is 22.5 Å². The van der Waals surface area contributed by atoms with Crippen molar-refractivity contribution in [2.75, 3.05) is 11.5 Å². The summed E-state index contributed by atoms with van der Waals surface area (Å²) < 4.78 is 6.33. The summed E-state index contributed by atoms with van der Waals surface area (Å²) in [5.41, 5.74) is 14.7. The number of carboxylic acids is 1. The third-order valence-corrected chi connectivity index (χ3v) is 8.97. The number of nitrogens with one attached hydrogen (secondary N) is 1. The Morgan fingerprint density at radius 2 is 1.33 bits per heavy atom. The number of nitrogens with two attached hydrogens (primary N) is 1. The highest BCUT2D eigenvalue weighted by Gasteiger charge is 2.20. The van der Waals surface area contributed by atoms with Gasteiger partial charge >= 0.3 is 5.97 Å². The normalized spacial score (nSPS) is 11.7. The van der Waals surface area contributed by atoms with E-state index in [0.29, 0.717) is 11.4 Å². The Hall–Kier alpha value is -5.27. The topological polar surface area (TPSA) is 106 Å². The van der Waals surface area contributed by atoms with Crippen LogP contribution in [0.5, 0.6) is 0 Å². The minimum atomic E-state index is -1.05. The van der Waals surface area contributed by atoms with Gasteiger partial charge in [-0.15, -0.1) is 0 Å². The maximum absolute atomic E-state index is 12.4. The van der Waals surface area contributed by atoms with Crippen LogP contribution in [0.3, 0.4) is 0 Å². The molecule has 1 heterocycles. The number of fused-ring (bicyclic) bond motifs is 1. The first-order valence-corrected chi connectivity index (χ1v) is 16.3. The van der Waals surface area contributed by atoms with E-state index in [9.17, 15) is 14.7 Å². The second-order valence-corrected chi connectivity index (χ2v) is 12.3. The van der Waals surface area contributed by atoms with Gasteiger partial charge in [-0.25, -0.2) is 4.79 Å². The first-order chi connectivity index (χ1) is 22.4. The van der Waals surface area contributed by atoms with Gasteiger partial charge in [0.2, 0.25) is 5.91 Å². The average molecular weight is 627 g/mol. The third-order valence-electron chi connectivity index (χ3n) is 7.87. The summed E-state index contributed by atoms with van der Waals surface area (Å²) in [6.07, 6.45) is 0.819. The molecule has 0 bridgehead atoms. The molecule has 0 aliphatic heterocycles. The van der Waals surface area contributed by atoms with Crippen molar-refractivity contribution in [3.63, 3.8) is 0 Å². The van der Waals surface area contributed by atoms with E-state index >= 15 is 0 Å². The molecule has 5 aromatic carbocycles. The lowest BCUT2D eigenvalue weighted by atomic mass is 9.96. The van der Waals surface area contributed by atoms with Gasteiger partial charge in [0.1, 0.15) is 17.4 Å². The van der Waals surface area contributed by atoms with Gasteiger partial charge in [0.15, 0.2) is 0 Å². The van der Waals surface area contributed by atoms with E-state index in [0.717, 1.165) is 56.5 Å². The van der Waals surface area contributed by atoms with Crippen molar-refractivity contribution >= 4 is 40.3 Å². The van der Waals surface area contributed by atoms with Crippen molar-refractivity contribution in [1.82, 2.24) is 5.32 Å². The Labute approximate surface area is 272 Å². The van der Waals surface area contributed by atoms with Gasteiger partial charge in [0.05, 0.1) is 6.42 Å². The number of anilines is 1. The third kappa shape index (κ3) is 7.50. The summed E-state index contributed by atoms with van der Waals surface area (Å²) in [6.45, 7) is 0. The van der Waals surface area contributed by atoms with Crippen molar-refractivity contribution in [2.45, 2.75) is 24.6 Å². The molecule has 0 fully saturated rings. The van der Waals surface area contributed by atoms with E-state index in [-0.39, 0.29) is 18.1 Å². The fourth-order valence-corrected chi connectivity index (χ4v) is 6.48. The summed E-state index contributed by atoms with van der Waals surface area (Å²) in [4.78, 5) is 24.2. The number of carbonyl (C=O) groups is 2. The zero-order valence-corrected chi connectivity index (χ0v) is 26.0. The molecule has 0 aliphatic carbocycles. The van der Waals surface area contributed by atoms with Crippen LogP contribution in [0.4, 0.5) is 5.69 Å². The monoisotopic (exact) mass is 626 g/mol. The molecule has 1 aromatic heterocycles. The SMILES string of the molecule is Nc1ccc(CC(=O)N[C@@H](CSCc2ccc(-c3ccc(-c4c(Cc5ccccc5)oc5ccccc45)cc3)cc2)C(=O)O)cc1. The van der Waals surface area contributed by atoms with E-state index < -0.39 is 12.0 Å². The van der Waals surface area contributed by atoms with Gasteiger partial charge in [-0.3, -0.25) is 4.79 Å². The van der Waals surface area contributed by atoms with Gasteiger partial charge in [-0.05, 0) is 51.6 Å². The van der Waals surface area contributed by atoms with Crippen molar-refractivity contribution in [3.05, 3.63) is 150 Å². The molecule has 46 heavy (non-hydrogen) atoms. The van der Waals surface area contributed by atoms with Crippen LogP contribution in [0, 0.1) is 0 Å². The fourth-order valence-electron chi connectivity index (χ4n) is 5.48. The molecule has 1 atom stereocenters. The van der Waals surface area contributed by atoms with Crippen molar-refractivity contribution in [1.29, 1.82) is 0 Å². The number of para-hydroxylation sites is 1. The smallest absolute Gasteiger partial charge is 0.327 e. The lowest BCUT2D eigenvalue weighted by Crippen LogP contribution is -2.43. The minimum Gasteiger partial charge on any atom is -0.480 e. The molecule has 0 saturated carbocycles. The van der Waals surface area contributed by atoms with Crippen LogP contribution in [-0.4, -0.2) is 28.8 Å². The second-order valence-electron chi connectivity index (χ2n) is 11.2. The Morgan fingerprint density at radius 3 is 2.02 bits per heavy atom. The summed E-state index contributed by atoms with van der Waals surface area (Å²) in [6, 6.07) is 41.4. The molecule has 6 rings (SSSR count). The zero-order valence-electron chi connectivity index (χ0n) is 25.2. The maximum Gasteiger partial charge on any atom is 0.327 e. The van der Waals surface area contributed by atoms with Crippen LogP contribution in [0.25, 0.3) is 33.2 Å². The lowest BCUT2D eigenvalue weighted by molar-refractivity contribution is -0.141. The van der Waals surface area contributed by atoms with E-state index in [1.165, 1.54) is 17.3 Å². The molecular weight excluding hydrogens is 593 g/mol. The highest BCUT2D eigenvalue weighted by Crippen LogP contribution is 2.37. The van der Waals surface area contributed by atoms with E-state index in [2.05, 4.69) is 84.2 Å². The second kappa shape index (κ2) is 14.2. The first kappa shape index (κ1) is 30.7. The molecule has 0 radical (unpaired) electrons. The number of thioether (sulfide) groups is 1. The Morgan fingerprint density at radius 1 is 0.717 bits per heavy atom. The number of nitrogen functional groups attached to an aromatic ring is 1. The molecule has 7 heteroatoms.